The van der Waals surface area contributed by atoms with Crippen LogP contribution in [0.5, 0.6) is 0 Å². The van der Waals surface area contributed by atoms with Crippen molar-refractivity contribution >= 4 is 17.0 Å². The smallest absolute Gasteiger partial charge is 0.312 e. The number of aryl methyl sites for hydroxylation is 1. The van der Waals surface area contributed by atoms with E-state index >= 15 is 0 Å². The fourth-order valence-corrected chi connectivity index (χ4v) is 2.18. The molecule has 0 atom stereocenters. The number of nitrogens with one attached hydrogen (secondary N) is 1. The van der Waals surface area contributed by atoms with Gasteiger partial charge >= 0.3 is 6.08 Å². The zero-order valence-corrected chi connectivity index (χ0v) is 12.7. The Kier molecular flexibility index (Phi) is 3.70. The first-order valence-corrected chi connectivity index (χ1v) is 7.10. The lowest BCUT2D eigenvalue weighted by molar-refractivity contribution is 0.537. The summed E-state index contributed by atoms with van der Waals surface area (Å²) in [7, 11) is 0. The Labute approximate surface area is 127 Å². The fourth-order valence-electron chi connectivity index (χ4n) is 2.18. The van der Waals surface area contributed by atoms with Gasteiger partial charge in [0.2, 0.25) is 0 Å². The maximum atomic E-state index is 13.7. The molecule has 0 bridgehead atoms. The minimum atomic E-state index is -0.764. The molecule has 0 saturated carbocycles. The molecule has 114 valence electrons. The number of pyridine rings is 1. The molecular formula is C15H17FN6. The summed E-state index contributed by atoms with van der Waals surface area (Å²) < 4.78 is 15.5. The fraction of sp³-hybridized carbons (Fsp3) is 0.333. The second-order valence-electron chi connectivity index (χ2n) is 5.42. The summed E-state index contributed by atoms with van der Waals surface area (Å²) in [6.07, 6.45) is 2.67. The average molecular weight is 300 g/mol. The number of rotatable bonds is 4. The lowest BCUT2D eigenvalue weighted by Crippen LogP contribution is -2.07. The van der Waals surface area contributed by atoms with Gasteiger partial charge in [-0.2, -0.15) is 14.4 Å². The molecule has 0 spiro atoms. The monoisotopic (exact) mass is 300 g/mol. The quantitative estimate of drug-likeness (QED) is 0.750. The second kappa shape index (κ2) is 5.67. The number of hydrogen-bond donors (Lipinski definition) is 1. The molecule has 0 aromatic carbocycles. The molecule has 6 nitrogen and oxygen atoms in total. The van der Waals surface area contributed by atoms with Crippen LogP contribution in [0, 0.1) is 13.0 Å². The minimum Gasteiger partial charge on any atom is -0.364 e. The molecule has 22 heavy (non-hydrogen) atoms. The normalized spacial score (nSPS) is 11.3. The largest absolute Gasteiger partial charge is 0.364 e. The predicted molar refractivity (Wildman–Crippen MR) is 82.0 cm³/mol. The molecule has 0 aliphatic rings. The van der Waals surface area contributed by atoms with Crippen LogP contribution in [0.2, 0.25) is 0 Å². The van der Waals surface area contributed by atoms with Crippen LogP contribution in [0.25, 0.3) is 11.2 Å². The van der Waals surface area contributed by atoms with E-state index in [0.717, 1.165) is 11.3 Å². The van der Waals surface area contributed by atoms with Gasteiger partial charge in [0.15, 0.2) is 17.0 Å². The zero-order chi connectivity index (χ0) is 15.7. The molecule has 3 rings (SSSR count). The summed E-state index contributed by atoms with van der Waals surface area (Å²) in [5, 5.41) is 3.11. The van der Waals surface area contributed by atoms with Gasteiger partial charge in [-0.1, -0.05) is 6.07 Å². The summed E-state index contributed by atoms with van der Waals surface area (Å²) in [6.45, 7) is 6.41. The van der Waals surface area contributed by atoms with Crippen LogP contribution < -0.4 is 5.32 Å². The summed E-state index contributed by atoms with van der Waals surface area (Å²) in [6, 6.07) is 4.05. The highest BCUT2D eigenvalue weighted by Gasteiger charge is 2.14. The maximum Gasteiger partial charge on any atom is 0.312 e. The Morgan fingerprint density at radius 3 is 2.73 bits per heavy atom. The number of aromatic nitrogens is 5. The van der Waals surface area contributed by atoms with Crippen molar-refractivity contribution in [3.05, 3.63) is 42.0 Å². The van der Waals surface area contributed by atoms with Crippen molar-refractivity contribution in [1.29, 1.82) is 0 Å². The van der Waals surface area contributed by atoms with Crippen molar-refractivity contribution in [2.75, 3.05) is 5.32 Å². The van der Waals surface area contributed by atoms with E-state index in [1.807, 2.05) is 37.5 Å². The van der Waals surface area contributed by atoms with E-state index in [2.05, 4.69) is 25.3 Å². The lowest BCUT2D eigenvalue weighted by Gasteiger charge is -2.09. The van der Waals surface area contributed by atoms with Gasteiger partial charge in [0.25, 0.3) is 0 Å². The summed E-state index contributed by atoms with van der Waals surface area (Å²) >= 11 is 0. The van der Waals surface area contributed by atoms with Gasteiger partial charge in [-0.05, 0) is 32.4 Å². The Morgan fingerprint density at radius 1 is 1.23 bits per heavy atom. The number of anilines is 1. The number of halogens is 1. The van der Waals surface area contributed by atoms with E-state index in [1.54, 1.807) is 12.5 Å². The molecule has 0 amide bonds. The summed E-state index contributed by atoms with van der Waals surface area (Å²) in [4.78, 5) is 16.2. The van der Waals surface area contributed by atoms with E-state index in [1.165, 1.54) is 0 Å². The van der Waals surface area contributed by atoms with Crippen LogP contribution in [-0.4, -0.2) is 24.5 Å². The number of hydrogen-bond acceptors (Lipinski definition) is 5. The first-order valence-electron chi connectivity index (χ1n) is 7.10. The van der Waals surface area contributed by atoms with Gasteiger partial charge in [0, 0.05) is 24.5 Å². The van der Waals surface area contributed by atoms with Gasteiger partial charge < -0.3 is 9.88 Å². The first-order chi connectivity index (χ1) is 10.5. The molecule has 0 saturated heterocycles. The molecular weight excluding hydrogens is 283 g/mol. The average Bonchev–Trinajstić information content (AvgIpc) is 2.90. The van der Waals surface area contributed by atoms with E-state index < -0.39 is 6.08 Å². The van der Waals surface area contributed by atoms with Gasteiger partial charge in [0.1, 0.15) is 0 Å². The topological polar surface area (TPSA) is 68.5 Å². The highest BCUT2D eigenvalue weighted by atomic mass is 19.1. The Bertz CT molecular complexity index is 794. The van der Waals surface area contributed by atoms with E-state index in [4.69, 9.17) is 0 Å². The second-order valence-corrected chi connectivity index (χ2v) is 5.42. The third-order valence-corrected chi connectivity index (χ3v) is 3.38. The van der Waals surface area contributed by atoms with E-state index in [-0.39, 0.29) is 6.04 Å². The van der Waals surface area contributed by atoms with Gasteiger partial charge in [-0.3, -0.25) is 4.98 Å². The highest BCUT2D eigenvalue weighted by Crippen LogP contribution is 2.21. The standard InChI is InChI=1S/C15H17FN6/c1-9(2)22-8-19-12-13(20-15(16)21-14(12)22)18-7-11-5-4-10(3)17-6-11/h4-6,8-9H,7H2,1-3H3,(H,18,20,21). The molecule has 3 aromatic rings. The Hall–Kier alpha value is -2.57. The molecule has 7 heteroatoms. The van der Waals surface area contributed by atoms with Gasteiger partial charge in [-0.25, -0.2) is 4.98 Å². The van der Waals surface area contributed by atoms with Crippen molar-refractivity contribution in [2.24, 2.45) is 0 Å². The molecule has 0 unspecified atom stereocenters. The van der Waals surface area contributed by atoms with E-state index in [0.29, 0.717) is 23.5 Å². The summed E-state index contributed by atoms with van der Waals surface area (Å²) in [5.41, 5.74) is 3.00. The summed E-state index contributed by atoms with van der Waals surface area (Å²) in [5.74, 6) is 0.391. The van der Waals surface area contributed by atoms with Crippen LogP contribution in [0.1, 0.15) is 31.1 Å². The highest BCUT2D eigenvalue weighted by molar-refractivity contribution is 5.82. The van der Waals surface area contributed by atoms with Crippen molar-refractivity contribution in [3.63, 3.8) is 0 Å². The van der Waals surface area contributed by atoms with E-state index in [9.17, 15) is 4.39 Å². The third kappa shape index (κ3) is 2.74. The van der Waals surface area contributed by atoms with Crippen LogP contribution in [0.15, 0.2) is 24.7 Å². The van der Waals surface area contributed by atoms with Crippen molar-refractivity contribution in [3.8, 4) is 0 Å². The molecule has 0 aliphatic heterocycles. The maximum absolute atomic E-state index is 13.7. The molecule has 3 aromatic heterocycles. The predicted octanol–water partition coefficient (Wildman–Crippen LogP) is 2.86. The number of imidazole rings is 1. The number of fused-ring (bicyclic) bond motifs is 1. The van der Waals surface area contributed by atoms with Crippen LogP contribution in [-0.2, 0) is 6.54 Å². The van der Waals surface area contributed by atoms with Gasteiger partial charge in [0.05, 0.1) is 6.33 Å². The lowest BCUT2D eigenvalue weighted by atomic mass is 10.2. The number of nitrogens with zero attached hydrogens (tertiary/aromatic N) is 5. The van der Waals surface area contributed by atoms with Crippen LogP contribution in [0.3, 0.4) is 0 Å². The third-order valence-electron chi connectivity index (χ3n) is 3.38. The Morgan fingerprint density at radius 2 is 2.05 bits per heavy atom. The Balaban J connectivity index is 1.91. The van der Waals surface area contributed by atoms with Crippen molar-refractivity contribution in [1.82, 2.24) is 24.5 Å². The molecule has 0 aliphatic carbocycles. The minimum absolute atomic E-state index is 0.147. The molecule has 1 N–H and O–H groups in total. The SMILES string of the molecule is Cc1ccc(CNc2nc(F)nc3c2ncn3C(C)C)cn1. The zero-order valence-electron chi connectivity index (χ0n) is 12.7. The first kappa shape index (κ1) is 14.4. The molecule has 0 radical (unpaired) electrons. The van der Waals surface area contributed by atoms with Crippen LogP contribution >= 0.6 is 0 Å². The van der Waals surface area contributed by atoms with Crippen molar-refractivity contribution < 1.29 is 4.39 Å². The van der Waals surface area contributed by atoms with Gasteiger partial charge in [-0.15, -0.1) is 0 Å². The molecule has 0 fully saturated rings. The van der Waals surface area contributed by atoms with Crippen molar-refractivity contribution in [2.45, 2.75) is 33.4 Å². The van der Waals surface area contributed by atoms with Crippen LogP contribution in [0.4, 0.5) is 10.2 Å². The molecule has 3 heterocycles.